The molecule has 2 fully saturated rings. The number of hydrogen-bond donors (Lipinski definition) is 4. The van der Waals surface area contributed by atoms with Gasteiger partial charge in [-0.05, 0) is 52.2 Å². The molecule has 0 bridgehead atoms. The number of sulfonamides is 1. The Morgan fingerprint density at radius 2 is 1.65 bits per heavy atom. The van der Waals surface area contributed by atoms with Crippen molar-refractivity contribution in [2.24, 2.45) is 28.1 Å². The number of nitrogens with one attached hydrogen (secondary N) is 4. The number of hydrogen-bond acceptors (Lipinski definition) is 8. The van der Waals surface area contributed by atoms with E-state index < -0.39 is 87.6 Å². The van der Waals surface area contributed by atoms with Crippen LogP contribution in [-0.4, -0.2) is 118 Å². The van der Waals surface area contributed by atoms with E-state index in [1.165, 1.54) is 31.2 Å². The molecule has 1 aromatic carbocycles. The van der Waals surface area contributed by atoms with Gasteiger partial charge in [0.25, 0.3) is 0 Å². The number of fused-ring (bicyclic) bond motifs is 1. The number of benzene rings is 1. The molecule has 6 atom stereocenters. The fourth-order valence-electron chi connectivity index (χ4n) is 6.99. The summed E-state index contributed by atoms with van der Waals surface area (Å²) in [7, 11) is -0.917. The van der Waals surface area contributed by atoms with Gasteiger partial charge in [-0.25, -0.2) is 31.1 Å². The minimum absolute atomic E-state index is 0.0148. The predicted octanol–water partition coefficient (Wildman–Crippen LogP) is 3.43. The van der Waals surface area contributed by atoms with Crippen LogP contribution in [-0.2, 0) is 35.6 Å². The minimum Gasteiger partial charge on any atom is -0.465 e. The van der Waals surface area contributed by atoms with E-state index in [1.807, 2.05) is 34.6 Å². The van der Waals surface area contributed by atoms with E-state index >= 15 is 0 Å². The molecule has 1 aliphatic carbocycles. The van der Waals surface area contributed by atoms with Crippen molar-refractivity contribution in [1.82, 2.24) is 30.5 Å². The lowest BCUT2D eigenvalue weighted by Crippen LogP contribution is -2.62. The zero-order chi connectivity index (χ0) is 42.0. The van der Waals surface area contributed by atoms with Crippen molar-refractivity contribution >= 4 is 51.3 Å². The summed E-state index contributed by atoms with van der Waals surface area (Å²) in [5.41, 5.74) is -0.975. The minimum atomic E-state index is -3.55. The third-order valence-corrected chi connectivity index (χ3v) is 12.4. The fourth-order valence-corrected chi connectivity index (χ4v) is 7.69. The summed E-state index contributed by atoms with van der Waals surface area (Å²) >= 11 is 6.29. The van der Waals surface area contributed by atoms with E-state index in [-0.39, 0.29) is 53.9 Å². The molecule has 1 aromatic rings. The summed E-state index contributed by atoms with van der Waals surface area (Å²) in [6, 6.07) is -0.725. The molecule has 55 heavy (non-hydrogen) atoms. The summed E-state index contributed by atoms with van der Waals surface area (Å²) in [5.74, 6) is -3.16. The van der Waals surface area contributed by atoms with Crippen molar-refractivity contribution < 1.29 is 45.9 Å². The summed E-state index contributed by atoms with van der Waals surface area (Å²) < 4.78 is 57.6. The summed E-state index contributed by atoms with van der Waals surface area (Å²) in [6.07, 6.45) is -2.65. The maximum atomic E-state index is 14.4. The van der Waals surface area contributed by atoms with Gasteiger partial charge in [0.15, 0.2) is 0 Å². The molecular formula is C37H57ClF2N6O8S. The Labute approximate surface area is 328 Å². The SMILES string of the molecule is COC(=O)c1ccc(CCNC(=O)C(CC(F)F)NC(=O)[C@@H]2[C@@H]3[C@H](CN2C(=O)[C@@H](NC(=O)N[C@H](CN(C)S(C)(=O)=O)C(C)(C)C)C(C)(C)C)C3(C)C)c(Cl)c1. The largest absolute Gasteiger partial charge is 0.465 e. The smallest absolute Gasteiger partial charge is 0.337 e. The van der Waals surface area contributed by atoms with Gasteiger partial charge in [-0.15, -0.1) is 0 Å². The van der Waals surface area contributed by atoms with Crippen molar-refractivity contribution in [2.75, 3.05) is 40.0 Å². The summed E-state index contributed by atoms with van der Waals surface area (Å²) in [5, 5.41) is 10.9. The van der Waals surface area contributed by atoms with Gasteiger partial charge in [-0.2, -0.15) is 0 Å². The number of halogens is 3. The molecule has 1 heterocycles. The number of carbonyl (C=O) groups is 5. The van der Waals surface area contributed by atoms with E-state index in [9.17, 15) is 41.2 Å². The molecule has 4 N–H and O–H groups in total. The Hall–Kier alpha value is -3.57. The standard InChI is InChI=1S/C37H57ClF2N6O8S/c1-35(2,3)25(19-45(9)55(11,52)53)43-34(51)44-29(36(4,5)6)32(49)46-18-22-27(37(22,7)8)28(46)31(48)42-24(17-26(39)40)30(47)41-15-14-20-12-13-21(16-23(20)38)33(50)54-10/h12-13,16,22,24-29H,14-15,17-19H2,1-11H3,(H,41,47)(H,42,48)(H2,43,44,51)/t22-,24?,25+,27-,28-,29+/m0/s1. The quantitative estimate of drug-likeness (QED) is 0.194. The van der Waals surface area contributed by atoms with Gasteiger partial charge in [0, 0.05) is 44.2 Å². The van der Waals surface area contributed by atoms with Crippen molar-refractivity contribution in [3.8, 4) is 0 Å². The van der Waals surface area contributed by atoms with Crippen LogP contribution in [0.25, 0.3) is 0 Å². The molecule has 1 saturated carbocycles. The van der Waals surface area contributed by atoms with E-state index in [1.54, 1.807) is 26.8 Å². The molecule has 310 valence electrons. The highest BCUT2D eigenvalue weighted by Crippen LogP contribution is 2.65. The molecule has 0 spiro atoms. The number of urea groups is 1. The molecule has 18 heteroatoms. The van der Waals surface area contributed by atoms with E-state index in [4.69, 9.17) is 11.6 Å². The van der Waals surface area contributed by atoms with Gasteiger partial charge in [0.2, 0.25) is 34.2 Å². The summed E-state index contributed by atoms with van der Waals surface area (Å²) in [4.78, 5) is 68.3. The summed E-state index contributed by atoms with van der Waals surface area (Å²) in [6.45, 7) is 14.8. The molecule has 2 aliphatic rings. The Balaban J connectivity index is 1.79. The number of carbonyl (C=O) groups excluding carboxylic acids is 5. The second-order valence-corrected chi connectivity index (χ2v) is 19.8. The third kappa shape index (κ3) is 11.5. The van der Waals surface area contributed by atoms with Gasteiger partial charge >= 0.3 is 12.0 Å². The van der Waals surface area contributed by atoms with Crippen LogP contribution in [0.4, 0.5) is 13.6 Å². The molecule has 5 amide bonds. The molecule has 0 aromatic heterocycles. The number of methoxy groups -OCH3 is 1. The lowest BCUT2D eigenvalue weighted by molar-refractivity contribution is -0.144. The van der Waals surface area contributed by atoms with Crippen LogP contribution in [0.1, 0.15) is 77.7 Å². The van der Waals surface area contributed by atoms with Crippen LogP contribution in [0.3, 0.4) is 0 Å². The van der Waals surface area contributed by atoms with Crippen LogP contribution >= 0.6 is 11.6 Å². The van der Waals surface area contributed by atoms with E-state index in [2.05, 4.69) is 26.0 Å². The maximum Gasteiger partial charge on any atom is 0.337 e. The molecule has 1 aliphatic heterocycles. The van der Waals surface area contributed by atoms with E-state index in [0.717, 1.165) is 10.6 Å². The van der Waals surface area contributed by atoms with Crippen LogP contribution in [0, 0.1) is 28.1 Å². The van der Waals surface area contributed by atoms with Crippen LogP contribution in [0.5, 0.6) is 0 Å². The normalized spacial score (nSPS) is 20.9. The van der Waals surface area contributed by atoms with Gasteiger partial charge in [0.1, 0.15) is 18.1 Å². The third-order valence-electron chi connectivity index (χ3n) is 10.7. The number of amides is 5. The lowest BCUT2D eigenvalue weighted by atomic mass is 9.85. The first-order valence-corrected chi connectivity index (χ1v) is 20.4. The number of alkyl halides is 2. The van der Waals surface area contributed by atoms with Crippen molar-refractivity contribution in [1.29, 1.82) is 0 Å². The molecule has 3 rings (SSSR count). The number of rotatable bonds is 15. The monoisotopic (exact) mass is 818 g/mol. The highest BCUT2D eigenvalue weighted by Gasteiger charge is 2.70. The van der Waals surface area contributed by atoms with Crippen molar-refractivity contribution in [3.63, 3.8) is 0 Å². The van der Waals surface area contributed by atoms with Gasteiger partial charge in [-0.3, -0.25) is 14.4 Å². The maximum absolute atomic E-state index is 14.4. The highest BCUT2D eigenvalue weighted by molar-refractivity contribution is 7.88. The molecule has 14 nitrogen and oxygen atoms in total. The Kier molecular flexibility index (Phi) is 14.4. The first-order chi connectivity index (χ1) is 25.1. The first-order valence-electron chi connectivity index (χ1n) is 18.1. The number of nitrogens with zero attached hydrogens (tertiary/aromatic N) is 2. The fraction of sp³-hybridized carbons (Fsp3) is 0.703. The Bertz CT molecular complexity index is 1730. The van der Waals surface area contributed by atoms with Crippen LogP contribution in [0.2, 0.25) is 5.02 Å². The average molecular weight is 819 g/mol. The zero-order valence-corrected chi connectivity index (χ0v) is 35.1. The average Bonchev–Trinajstić information content (AvgIpc) is 3.35. The molecule has 1 saturated heterocycles. The number of esters is 1. The molecule has 0 radical (unpaired) electrons. The second kappa shape index (κ2) is 17.3. The molecule has 1 unspecified atom stereocenters. The Morgan fingerprint density at radius 3 is 2.16 bits per heavy atom. The number of piperidine rings is 1. The van der Waals surface area contributed by atoms with Crippen molar-refractivity contribution in [2.45, 2.75) is 98.8 Å². The van der Waals surface area contributed by atoms with Gasteiger partial charge in [-0.1, -0.05) is 73.1 Å². The second-order valence-electron chi connectivity index (χ2n) is 17.3. The molecular weight excluding hydrogens is 762 g/mol. The van der Waals surface area contributed by atoms with Gasteiger partial charge < -0.3 is 30.9 Å². The first kappa shape index (κ1) is 45.8. The van der Waals surface area contributed by atoms with Crippen LogP contribution < -0.4 is 21.3 Å². The predicted molar refractivity (Wildman–Crippen MR) is 204 cm³/mol. The zero-order valence-electron chi connectivity index (χ0n) is 33.5. The lowest BCUT2D eigenvalue weighted by Gasteiger charge is -2.39. The van der Waals surface area contributed by atoms with Crippen molar-refractivity contribution in [3.05, 3.63) is 34.3 Å². The number of ether oxygens (including phenoxy) is 1. The number of likely N-dealkylation sites (tertiary alicyclic amines) is 1. The van der Waals surface area contributed by atoms with Crippen LogP contribution in [0.15, 0.2) is 18.2 Å². The van der Waals surface area contributed by atoms with Gasteiger partial charge in [0.05, 0.1) is 18.9 Å². The Morgan fingerprint density at radius 1 is 1.04 bits per heavy atom. The number of likely N-dealkylation sites (N-methyl/N-ethyl adjacent to an activating group) is 1. The van der Waals surface area contributed by atoms with E-state index in [0.29, 0.717) is 5.56 Å². The topological polar surface area (TPSA) is 183 Å². The highest BCUT2D eigenvalue weighted by atomic mass is 35.5.